The Kier molecular flexibility index (Phi) is 4.63. The van der Waals surface area contributed by atoms with Crippen LogP contribution in [0.3, 0.4) is 0 Å². The quantitative estimate of drug-likeness (QED) is 0.468. The van der Waals surface area contributed by atoms with E-state index in [0.717, 1.165) is 16.8 Å². The van der Waals surface area contributed by atoms with E-state index in [9.17, 15) is 14.9 Å². The van der Waals surface area contributed by atoms with E-state index >= 15 is 0 Å². The molecule has 0 atom stereocenters. The molecule has 0 radical (unpaired) electrons. The molecule has 4 rings (SSSR count). The maximum Gasteiger partial charge on any atom is 0.277 e. The van der Waals surface area contributed by atoms with Gasteiger partial charge in [-0.2, -0.15) is 0 Å². The van der Waals surface area contributed by atoms with Gasteiger partial charge in [-0.1, -0.05) is 48.0 Å². The van der Waals surface area contributed by atoms with Crippen molar-refractivity contribution in [2.45, 2.75) is 6.54 Å². The van der Waals surface area contributed by atoms with Gasteiger partial charge in [0.1, 0.15) is 5.71 Å². The molecule has 3 aromatic rings. The van der Waals surface area contributed by atoms with Gasteiger partial charge in [0.2, 0.25) is 0 Å². The predicted octanol–water partition coefficient (Wildman–Crippen LogP) is 4.92. The van der Waals surface area contributed by atoms with Crippen LogP contribution in [-0.4, -0.2) is 16.5 Å². The minimum atomic E-state index is -0.474. The number of rotatable bonds is 4. The molecule has 0 spiro atoms. The number of carbonyl (C=O) groups is 1. The molecule has 1 aliphatic heterocycles. The molecular weight excluding hydrogens is 378 g/mol. The SMILES string of the molecule is O=C1C(=Nc2ccc([N+](=O)[O-])cc2)c2ccccc2N1Cc1ccccc1Cl. The molecule has 0 fully saturated rings. The van der Waals surface area contributed by atoms with Gasteiger partial charge in [0.05, 0.1) is 22.8 Å². The highest BCUT2D eigenvalue weighted by molar-refractivity contribution is 6.54. The number of halogens is 1. The Morgan fingerprint density at radius 2 is 1.64 bits per heavy atom. The average molecular weight is 392 g/mol. The van der Waals surface area contributed by atoms with Crippen LogP contribution < -0.4 is 4.90 Å². The van der Waals surface area contributed by atoms with Crippen molar-refractivity contribution >= 4 is 40.3 Å². The normalized spacial score (nSPS) is 14.4. The smallest absolute Gasteiger partial charge is 0.277 e. The van der Waals surface area contributed by atoms with Gasteiger partial charge in [-0.15, -0.1) is 0 Å². The van der Waals surface area contributed by atoms with Gasteiger partial charge in [-0.3, -0.25) is 14.9 Å². The van der Waals surface area contributed by atoms with Crippen LogP contribution >= 0.6 is 11.6 Å². The number of hydrogen-bond donors (Lipinski definition) is 0. The van der Waals surface area contributed by atoms with Gasteiger partial charge in [-0.05, 0) is 29.8 Å². The number of nitro groups is 1. The summed E-state index contributed by atoms with van der Waals surface area (Å²) in [5, 5.41) is 11.4. The van der Waals surface area contributed by atoms with Crippen molar-refractivity contribution in [3.8, 4) is 0 Å². The molecule has 1 heterocycles. The molecule has 3 aromatic carbocycles. The molecule has 0 N–H and O–H groups in total. The fourth-order valence-corrected chi connectivity index (χ4v) is 3.30. The number of benzene rings is 3. The van der Waals surface area contributed by atoms with Crippen LogP contribution in [0.1, 0.15) is 11.1 Å². The fraction of sp³-hybridized carbons (Fsp3) is 0.0476. The van der Waals surface area contributed by atoms with Gasteiger partial charge in [-0.25, -0.2) is 4.99 Å². The van der Waals surface area contributed by atoms with E-state index in [4.69, 9.17) is 11.6 Å². The van der Waals surface area contributed by atoms with Gasteiger partial charge < -0.3 is 4.90 Å². The number of fused-ring (bicyclic) bond motifs is 1. The number of nitrogens with zero attached hydrogens (tertiary/aromatic N) is 3. The number of amides is 1. The first-order valence-electron chi connectivity index (χ1n) is 8.52. The first kappa shape index (κ1) is 17.9. The average Bonchev–Trinajstić information content (AvgIpc) is 2.96. The molecule has 0 bridgehead atoms. The van der Waals surface area contributed by atoms with Crippen LogP contribution in [0.15, 0.2) is 77.8 Å². The number of carbonyl (C=O) groups excluding carboxylic acids is 1. The number of aliphatic imine (C=N–C) groups is 1. The van der Waals surface area contributed by atoms with Gasteiger partial charge in [0, 0.05) is 22.7 Å². The summed E-state index contributed by atoms with van der Waals surface area (Å²) >= 11 is 6.26. The number of anilines is 1. The van der Waals surface area contributed by atoms with Crippen molar-refractivity contribution in [1.82, 2.24) is 0 Å². The first-order valence-corrected chi connectivity index (χ1v) is 8.90. The van der Waals surface area contributed by atoms with Crippen LogP contribution in [-0.2, 0) is 11.3 Å². The Bertz CT molecular complexity index is 1110. The highest BCUT2D eigenvalue weighted by Gasteiger charge is 2.34. The Labute approximate surface area is 165 Å². The maximum absolute atomic E-state index is 13.1. The highest BCUT2D eigenvalue weighted by atomic mass is 35.5. The molecule has 0 aromatic heterocycles. The first-order chi connectivity index (χ1) is 13.5. The zero-order chi connectivity index (χ0) is 19.7. The topological polar surface area (TPSA) is 75.8 Å². The number of non-ortho nitro benzene ring substituents is 1. The molecule has 0 aliphatic carbocycles. The molecule has 0 saturated heterocycles. The third-order valence-corrected chi connectivity index (χ3v) is 4.85. The summed E-state index contributed by atoms with van der Waals surface area (Å²) in [5.41, 5.74) is 3.07. The lowest BCUT2D eigenvalue weighted by Crippen LogP contribution is -2.29. The summed E-state index contributed by atoms with van der Waals surface area (Å²) in [6.07, 6.45) is 0. The van der Waals surface area contributed by atoms with Crippen molar-refractivity contribution < 1.29 is 9.72 Å². The van der Waals surface area contributed by atoms with Gasteiger partial charge in [0.15, 0.2) is 0 Å². The zero-order valence-corrected chi connectivity index (χ0v) is 15.3. The molecule has 1 aliphatic rings. The Morgan fingerprint density at radius 3 is 2.36 bits per heavy atom. The van der Waals surface area contributed by atoms with Crippen molar-refractivity contribution in [2.24, 2.45) is 4.99 Å². The van der Waals surface area contributed by atoms with E-state index in [1.807, 2.05) is 42.5 Å². The summed E-state index contributed by atoms with van der Waals surface area (Å²) < 4.78 is 0. The highest BCUT2D eigenvalue weighted by Crippen LogP contribution is 2.33. The standard InChI is InChI=1S/C21H14ClN3O3/c22-18-7-3-1-5-14(18)13-24-19-8-4-2-6-17(19)20(21(24)26)23-15-9-11-16(12-10-15)25(27)28/h1-12H,13H2. The molecule has 1 amide bonds. The number of nitro benzene ring substituents is 1. The van der Waals surface area contributed by atoms with E-state index in [0.29, 0.717) is 23.0 Å². The van der Waals surface area contributed by atoms with Crippen LogP contribution in [0.2, 0.25) is 5.02 Å². The van der Waals surface area contributed by atoms with E-state index in [1.165, 1.54) is 24.3 Å². The lowest BCUT2D eigenvalue weighted by Gasteiger charge is -2.17. The van der Waals surface area contributed by atoms with Gasteiger partial charge >= 0.3 is 0 Å². The Morgan fingerprint density at radius 1 is 0.964 bits per heavy atom. The fourth-order valence-electron chi connectivity index (χ4n) is 3.10. The second-order valence-corrected chi connectivity index (χ2v) is 6.64. The Hall–Kier alpha value is -3.51. The second kappa shape index (κ2) is 7.25. The largest absolute Gasteiger partial charge is 0.302 e. The summed E-state index contributed by atoms with van der Waals surface area (Å²) in [4.78, 5) is 29.5. The van der Waals surface area contributed by atoms with Crippen molar-refractivity contribution in [3.05, 3.63) is 99.1 Å². The molecule has 7 heteroatoms. The summed E-state index contributed by atoms with van der Waals surface area (Å²) in [5.74, 6) is -0.237. The third kappa shape index (κ3) is 3.25. The minimum Gasteiger partial charge on any atom is -0.302 e. The lowest BCUT2D eigenvalue weighted by atomic mass is 10.1. The van der Waals surface area contributed by atoms with E-state index < -0.39 is 4.92 Å². The minimum absolute atomic E-state index is 0.0255. The number of hydrogen-bond acceptors (Lipinski definition) is 4. The molecule has 0 unspecified atom stereocenters. The summed E-state index contributed by atoms with van der Waals surface area (Å²) in [7, 11) is 0. The molecular formula is C21H14ClN3O3. The van der Waals surface area contributed by atoms with E-state index in [2.05, 4.69) is 4.99 Å². The zero-order valence-electron chi connectivity index (χ0n) is 14.6. The maximum atomic E-state index is 13.1. The van der Waals surface area contributed by atoms with Gasteiger partial charge in [0.25, 0.3) is 11.6 Å². The number of para-hydroxylation sites is 1. The molecule has 138 valence electrons. The summed E-state index contributed by atoms with van der Waals surface area (Å²) in [6, 6.07) is 20.6. The summed E-state index contributed by atoms with van der Waals surface area (Å²) in [6.45, 7) is 0.328. The van der Waals surface area contributed by atoms with E-state index in [1.54, 1.807) is 11.0 Å². The van der Waals surface area contributed by atoms with Crippen LogP contribution in [0, 0.1) is 10.1 Å². The third-order valence-electron chi connectivity index (χ3n) is 4.49. The Balaban J connectivity index is 1.72. The predicted molar refractivity (Wildman–Crippen MR) is 108 cm³/mol. The second-order valence-electron chi connectivity index (χ2n) is 6.23. The van der Waals surface area contributed by atoms with E-state index in [-0.39, 0.29) is 11.6 Å². The van der Waals surface area contributed by atoms with Crippen LogP contribution in [0.5, 0.6) is 0 Å². The van der Waals surface area contributed by atoms with Crippen molar-refractivity contribution in [3.63, 3.8) is 0 Å². The lowest BCUT2D eigenvalue weighted by molar-refractivity contribution is -0.384. The molecule has 0 saturated carbocycles. The molecule has 6 nitrogen and oxygen atoms in total. The van der Waals surface area contributed by atoms with Crippen LogP contribution in [0.25, 0.3) is 0 Å². The van der Waals surface area contributed by atoms with Crippen molar-refractivity contribution in [1.29, 1.82) is 0 Å². The monoisotopic (exact) mass is 391 g/mol. The van der Waals surface area contributed by atoms with Crippen molar-refractivity contribution in [2.75, 3.05) is 4.90 Å². The van der Waals surface area contributed by atoms with Crippen LogP contribution in [0.4, 0.5) is 17.1 Å². The molecule has 28 heavy (non-hydrogen) atoms.